The Hall–Kier alpha value is -0.900. The van der Waals surface area contributed by atoms with Crippen molar-refractivity contribution < 1.29 is 9.78 Å². The van der Waals surface area contributed by atoms with Crippen molar-refractivity contribution in [1.82, 2.24) is 6.15 Å². The highest BCUT2D eigenvalue weighted by Crippen LogP contribution is 2.15. The molecule has 14 heavy (non-hydrogen) atoms. The quantitative estimate of drug-likeness (QED) is 0.738. The molecular weight excluding hydrogens is 178 g/mol. The molecule has 3 nitrogen and oxygen atoms in total. The Labute approximate surface area is 84.5 Å². The second-order valence-electron chi connectivity index (χ2n) is 3.37. The standard InChI is InChI=1S/C11H14O2.H3N/c1-2-5-10(6-3-1)9-11-7-4-8-12-13-11;/h1-3,5-6,11H,4,7-9H2;1H3. The number of rotatable bonds is 2. The van der Waals surface area contributed by atoms with Crippen LogP contribution < -0.4 is 6.15 Å². The summed E-state index contributed by atoms with van der Waals surface area (Å²) in [6.07, 6.45) is 3.42. The molecule has 1 atom stereocenters. The van der Waals surface area contributed by atoms with E-state index in [-0.39, 0.29) is 12.3 Å². The van der Waals surface area contributed by atoms with E-state index in [9.17, 15) is 0 Å². The molecule has 0 aliphatic carbocycles. The Balaban J connectivity index is 0.000000980. The molecule has 0 radical (unpaired) electrons. The second kappa shape index (κ2) is 5.75. The van der Waals surface area contributed by atoms with Crippen LogP contribution in [0.2, 0.25) is 0 Å². The Morgan fingerprint density at radius 1 is 1.21 bits per heavy atom. The fourth-order valence-corrected chi connectivity index (χ4v) is 1.58. The van der Waals surface area contributed by atoms with Crippen LogP contribution in [0.5, 0.6) is 0 Å². The summed E-state index contributed by atoms with van der Waals surface area (Å²) in [5, 5.41) is 0. The van der Waals surface area contributed by atoms with Crippen LogP contribution in [0.25, 0.3) is 0 Å². The van der Waals surface area contributed by atoms with E-state index >= 15 is 0 Å². The zero-order valence-corrected chi connectivity index (χ0v) is 8.32. The Bertz CT molecular complexity index is 245. The van der Waals surface area contributed by atoms with Gasteiger partial charge in [-0.25, -0.2) is 9.78 Å². The first-order chi connectivity index (χ1) is 6.45. The van der Waals surface area contributed by atoms with Gasteiger partial charge in [-0.2, -0.15) is 0 Å². The third-order valence-corrected chi connectivity index (χ3v) is 2.26. The predicted octanol–water partition coefficient (Wildman–Crippen LogP) is 2.50. The first kappa shape index (κ1) is 11.2. The average molecular weight is 195 g/mol. The smallest absolute Gasteiger partial charge is 0.0971 e. The molecule has 1 saturated heterocycles. The van der Waals surface area contributed by atoms with Crippen molar-refractivity contribution in [2.45, 2.75) is 25.4 Å². The highest BCUT2D eigenvalue weighted by atomic mass is 17.2. The molecule has 1 unspecified atom stereocenters. The molecule has 0 amide bonds. The van der Waals surface area contributed by atoms with E-state index in [1.165, 1.54) is 5.56 Å². The Morgan fingerprint density at radius 2 is 2.00 bits per heavy atom. The fourth-order valence-electron chi connectivity index (χ4n) is 1.58. The van der Waals surface area contributed by atoms with Crippen LogP contribution in [0.3, 0.4) is 0 Å². The van der Waals surface area contributed by atoms with Crippen LogP contribution in [0, 0.1) is 0 Å². The fraction of sp³-hybridized carbons (Fsp3) is 0.455. The lowest BCUT2D eigenvalue weighted by molar-refractivity contribution is -0.344. The molecule has 1 aliphatic heterocycles. The molecule has 3 N–H and O–H groups in total. The molecule has 1 heterocycles. The van der Waals surface area contributed by atoms with Gasteiger partial charge in [-0.15, -0.1) is 0 Å². The highest BCUT2D eigenvalue weighted by Gasteiger charge is 2.15. The topological polar surface area (TPSA) is 53.5 Å². The van der Waals surface area contributed by atoms with Gasteiger partial charge in [0.2, 0.25) is 0 Å². The molecule has 0 aromatic heterocycles. The van der Waals surface area contributed by atoms with Gasteiger partial charge in [-0.3, -0.25) is 0 Å². The van der Waals surface area contributed by atoms with Crippen LogP contribution in [0.1, 0.15) is 18.4 Å². The summed E-state index contributed by atoms with van der Waals surface area (Å²) in [7, 11) is 0. The largest absolute Gasteiger partial charge is 0.344 e. The molecular formula is C11H17NO2. The second-order valence-corrected chi connectivity index (χ2v) is 3.37. The van der Waals surface area contributed by atoms with Gasteiger partial charge in [0.25, 0.3) is 0 Å². The maximum atomic E-state index is 5.18. The summed E-state index contributed by atoms with van der Waals surface area (Å²) >= 11 is 0. The van der Waals surface area contributed by atoms with Crippen LogP contribution in [0.15, 0.2) is 30.3 Å². The normalized spacial score (nSPS) is 21.3. The maximum absolute atomic E-state index is 5.18. The molecule has 0 spiro atoms. The predicted molar refractivity (Wildman–Crippen MR) is 55.2 cm³/mol. The number of benzene rings is 1. The van der Waals surface area contributed by atoms with Gasteiger partial charge in [-0.1, -0.05) is 30.3 Å². The molecule has 78 valence electrons. The third kappa shape index (κ3) is 3.10. The van der Waals surface area contributed by atoms with E-state index in [0.29, 0.717) is 0 Å². The lowest BCUT2D eigenvalue weighted by Gasteiger charge is -2.20. The van der Waals surface area contributed by atoms with Crippen LogP contribution >= 0.6 is 0 Å². The lowest BCUT2D eigenvalue weighted by atomic mass is 10.0. The van der Waals surface area contributed by atoms with E-state index in [4.69, 9.17) is 9.78 Å². The summed E-state index contributed by atoms with van der Waals surface area (Å²) in [6, 6.07) is 10.4. The first-order valence-electron chi connectivity index (χ1n) is 4.77. The van der Waals surface area contributed by atoms with Crippen molar-refractivity contribution in [3.8, 4) is 0 Å². The highest BCUT2D eigenvalue weighted by molar-refractivity contribution is 5.15. The molecule has 2 rings (SSSR count). The Morgan fingerprint density at radius 3 is 2.64 bits per heavy atom. The van der Waals surface area contributed by atoms with Gasteiger partial charge in [0.15, 0.2) is 0 Å². The van der Waals surface area contributed by atoms with Crippen LogP contribution in [0.4, 0.5) is 0 Å². The van der Waals surface area contributed by atoms with Crippen molar-refractivity contribution in [3.63, 3.8) is 0 Å². The molecule has 1 fully saturated rings. The van der Waals surface area contributed by atoms with Gasteiger partial charge in [0.05, 0.1) is 12.7 Å². The van der Waals surface area contributed by atoms with Gasteiger partial charge in [0.1, 0.15) is 0 Å². The average Bonchev–Trinajstić information content (AvgIpc) is 2.21. The minimum atomic E-state index is 0. The third-order valence-electron chi connectivity index (χ3n) is 2.26. The van der Waals surface area contributed by atoms with E-state index in [1.807, 2.05) is 6.07 Å². The van der Waals surface area contributed by atoms with Crippen molar-refractivity contribution in [3.05, 3.63) is 35.9 Å². The zero-order chi connectivity index (χ0) is 8.93. The van der Waals surface area contributed by atoms with E-state index in [0.717, 1.165) is 25.9 Å². The van der Waals surface area contributed by atoms with Gasteiger partial charge in [0, 0.05) is 6.42 Å². The van der Waals surface area contributed by atoms with E-state index in [2.05, 4.69) is 24.3 Å². The minimum Gasteiger partial charge on any atom is -0.344 e. The summed E-state index contributed by atoms with van der Waals surface area (Å²) in [5.41, 5.74) is 1.32. The van der Waals surface area contributed by atoms with Crippen molar-refractivity contribution >= 4 is 0 Å². The van der Waals surface area contributed by atoms with Crippen LogP contribution in [-0.4, -0.2) is 12.7 Å². The lowest BCUT2D eigenvalue weighted by Crippen LogP contribution is -2.22. The summed E-state index contributed by atoms with van der Waals surface area (Å²) < 4.78 is 0. The van der Waals surface area contributed by atoms with Crippen molar-refractivity contribution in [2.75, 3.05) is 6.61 Å². The molecule has 1 aromatic carbocycles. The summed E-state index contributed by atoms with van der Waals surface area (Å²) in [6.45, 7) is 0.741. The molecule has 0 bridgehead atoms. The zero-order valence-electron chi connectivity index (χ0n) is 8.32. The molecule has 1 aromatic rings. The molecule has 3 heteroatoms. The monoisotopic (exact) mass is 195 g/mol. The van der Waals surface area contributed by atoms with Crippen molar-refractivity contribution in [2.24, 2.45) is 0 Å². The first-order valence-corrected chi connectivity index (χ1v) is 4.77. The number of hydrogen-bond acceptors (Lipinski definition) is 3. The summed E-state index contributed by atoms with van der Waals surface area (Å²) in [5.74, 6) is 0. The van der Waals surface area contributed by atoms with Gasteiger partial charge >= 0.3 is 0 Å². The van der Waals surface area contributed by atoms with E-state index in [1.54, 1.807) is 0 Å². The van der Waals surface area contributed by atoms with Crippen molar-refractivity contribution in [1.29, 1.82) is 0 Å². The molecule has 0 saturated carbocycles. The summed E-state index contributed by atoms with van der Waals surface area (Å²) in [4.78, 5) is 10.1. The van der Waals surface area contributed by atoms with Gasteiger partial charge < -0.3 is 6.15 Å². The SMILES string of the molecule is N.c1ccc(CC2CCCOO2)cc1. The number of hydrogen-bond donors (Lipinski definition) is 1. The minimum absolute atomic E-state index is 0. The van der Waals surface area contributed by atoms with Crippen LogP contribution in [-0.2, 0) is 16.2 Å². The maximum Gasteiger partial charge on any atom is 0.0971 e. The Kier molecular flexibility index (Phi) is 4.59. The van der Waals surface area contributed by atoms with E-state index < -0.39 is 0 Å². The molecule has 1 aliphatic rings. The van der Waals surface area contributed by atoms with Gasteiger partial charge in [-0.05, 0) is 18.4 Å².